The van der Waals surface area contributed by atoms with Gasteiger partial charge in [-0.05, 0) is 31.5 Å². The maximum atomic E-state index is 11.8. The van der Waals surface area contributed by atoms with Gasteiger partial charge >= 0.3 is 5.97 Å². The summed E-state index contributed by atoms with van der Waals surface area (Å²) >= 11 is 0. The summed E-state index contributed by atoms with van der Waals surface area (Å²) in [7, 11) is -1.11. The van der Waals surface area contributed by atoms with Gasteiger partial charge in [0.1, 0.15) is 11.8 Å². The van der Waals surface area contributed by atoms with Crippen molar-refractivity contribution in [1.29, 1.82) is 0 Å². The van der Waals surface area contributed by atoms with E-state index in [1.807, 2.05) is 38.1 Å². The summed E-state index contributed by atoms with van der Waals surface area (Å²) in [4.78, 5) is 11.0. The summed E-state index contributed by atoms with van der Waals surface area (Å²) in [6.45, 7) is 3.91. The maximum Gasteiger partial charge on any atom is 0.321 e. The van der Waals surface area contributed by atoms with Gasteiger partial charge in [-0.1, -0.05) is 12.1 Å². The lowest BCUT2D eigenvalue weighted by molar-refractivity contribution is -0.139. The van der Waals surface area contributed by atoms with Crippen LogP contribution < -0.4 is 10.1 Å². The van der Waals surface area contributed by atoms with Crippen molar-refractivity contribution < 1.29 is 18.8 Å². The largest absolute Gasteiger partial charge is 0.491 e. The minimum atomic E-state index is -1.11. The highest BCUT2D eigenvalue weighted by Gasteiger charge is 2.30. The third-order valence-corrected chi connectivity index (χ3v) is 4.47. The fourth-order valence-electron chi connectivity index (χ4n) is 2.16. The zero-order chi connectivity index (χ0) is 14.7. The number of carbonyl (C=O) groups is 1. The number of ether oxygens (including phenoxy) is 1. The van der Waals surface area contributed by atoms with Crippen LogP contribution in [0.1, 0.15) is 25.5 Å². The molecule has 0 amide bonds. The van der Waals surface area contributed by atoms with Gasteiger partial charge in [0.2, 0.25) is 0 Å². The Hall–Kier alpha value is -1.40. The zero-order valence-corrected chi connectivity index (χ0v) is 12.4. The summed E-state index contributed by atoms with van der Waals surface area (Å²) in [6.07, 6.45) is 0.109. The van der Waals surface area contributed by atoms with Crippen LogP contribution in [0.25, 0.3) is 0 Å². The van der Waals surface area contributed by atoms with Crippen molar-refractivity contribution in [3.63, 3.8) is 0 Å². The van der Waals surface area contributed by atoms with Crippen LogP contribution in [0, 0.1) is 0 Å². The Kier molecular flexibility index (Phi) is 4.77. The molecular formula is C14H19NO4S. The Bertz CT molecular complexity index is 500. The second-order valence-corrected chi connectivity index (χ2v) is 6.67. The van der Waals surface area contributed by atoms with Crippen molar-refractivity contribution in [2.24, 2.45) is 0 Å². The number of hydrogen-bond donors (Lipinski definition) is 2. The van der Waals surface area contributed by atoms with Crippen LogP contribution in [0.2, 0.25) is 0 Å². The van der Waals surface area contributed by atoms with Crippen LogP contribution in [0.4, 0.5) is 0 Å². The predicted molar refractivity (Wildman–Crippen MR) is 77.4 cm³/mol. The second kappa shape index (κ2) is 6.37. The molecule has 1 aromatic rings. The molecule has 1 heterocycles. The number of rotatable bonds is 4. The summed E-state index contributed by atoms with van der Waals surface area (Å²) < 4.78 is 17.3. The van der Waals surface area contributed by atoms with Crippen molar-refractivity contribution in [3.05, 3.63) is 29.8 Å². The highest BCUT2D eigenvalue weighted by atomic mass is 32.2. The molecule has 1 saturated heterocycles. The van der Waals surface area contributed by atoms with E-state index in [4.69, 9.17) is 9.84 Å². The van der Waals surface area contributed by atoms with Crippen LogP contribution in [0.15, 0.2) is 24.3 Å². The Morgan fingerprint density at radius 1 is 1.35 bits per heavy atom. The molecule has 0 saturated carbocycles. The molecule has 0 bridgehead atoms. The molecule has 0 aliphatic carbocycles. The van der Waals surface area contributed by atoms with E-state index in [1.54, 1.807) is 0 Å². The third-order valence-electron chi connectivity index (χ3n) is 3.06. The van der Waals surface area contributed by atoms with E-state index in [0.29, 0.717) is 5.75 Å². The number of carboxylic acid groups (broad SMARTS) is 1. The molecule has 20 heavy (non-hydrogen) atoms. The quantitative estimate of drug-likeness (QED) is 0.876. The maximum absolute atomic E-state index is 11.8. The Morgan fingerprint density at radius 2 is 2.00 bits per heavy atom. The topological polar surface area (TPSA) is 75.6 Å². The highest BCUT2D eigenvalue weighted by molar-refractivity contribution is 7.85. The second-order valence-electron chi connectivity index (χ2n) is 5.12. The molecule has 1 aliphatic heterocycles. The zero-order valence-electron chi connectivity index (χ0n) is 11.5. The molecule has 2 N–H and O–H groups in total. The monoisotopic (exact) mass is 297 g/mol. The molecule has 1 aliphatic rings. The molecule has 5 nitrogen and oxygen atoms in total. The van der Waals surface area contributed by atoms with E-state index in [1.165, 1.54) is 0 Å². The van der Waals surface area contributed by atoms with Crippen molar-refractivity contribution in [2.75, 3.05) is 11.5 Å². The van der Waals surface area contributed by atoms with Crippen LogP contribution in [0.5, 0.6) is 5.75 Å². The van der Waals surface area contributed by atoms with E-state index < -0.39 is 22.8 Å². The molecule has 0 spiro atoms. The van der Waals surface area contributed by atoms with Gasteiger partial charge in [-0.3, -0.25) is 14.3 Å². The first kappa shape index (κ1) is 15.0. The van der Waals surface area contributed by atoms with Gasteiger partial charge in [0.05, 0.1) is 6.10 Å². The van der Waals surface area contributed by atoms with Gasteiger partial charge in [0.15, 0.2) is 0 Å². The summed E-state index contributed by atoms with van der Waals surface area (Å²) in [5, 5.41) is 12.1. The molecule has 0 radical (unpaired) electrons. The molecule has 110 valence electrons. The molecule has 6 heteroatoms. The van der Waals surface area contributed by atoms with E-state index >= 15 is 0 Å². The fourth-order valence-corrected chi connectivity index (χ4v) is 3.57. The van der Waals surface area contributed by atoms with Gasteiger partial charge in [0.25, 0.3) is 0 Å². The Balaban J connectivity index is 2.10. The summed E-state index contributed by atoms with van der Waals surface area (Å²) in [5.74, 6) is 0.424. The highest BCUT2D eigenvalue weighted by Crippen LogP contribution is 2.22. The number of hydrogen-bond acceptors (Lipinski definition) is 4. The number of benzene rings is 1. The van der Waals surface area contributed by atoms with Crippen LogP contribution in [0.3, 0.4) is 0 Å². The van der Waals surface area contributed by atoms with Gasteiger partial charge in [-0.15, -0.1) is 0 Å². The first-order valence-electron chi connectivity index (χ1n) is 6.56. The molecule has 1 fully saturated rings. The predicted octanol–water partition coefficient (Wildman–Crippen LogP) is 1.32. The van der Waals surface area contributed by atoms with E-state index in [2.05, 4.69) is 5.32 Å². The SMILES string of the molecule is CC(C)Oc1ccc(C2CS(=O)CC(C(=O)O)N2)cc1. The average Bonchev–Trinajstić information content (AvgIpc) is 2.38. The summed E-state index contributed by atoms with van der Waals surface area (Å²) in [6, 6.07) is 6.53. The Labute approximate surface area is 120 Å². The van der Waals surface area contributed by atoms with Crippen LogP contribution >= 0.6 is 0 Å². The lowest BCUT2D eigenvalue weighted by Crippen LogP contribution is -2.49. The minimum absolute atomic E-state index is 0.109. The van der Waals surface area contributed by atoms with Gasteiger partial charge < -0.3 is 9.84 Å². The normalized spacial score (nSPS) is 26.4. The standard InChI is InChI=1S/C14H19NO4S/c1-9(2)19-11-5-3-10(4-6-11)12-7-20(18)8-13(15-12)14(16)17/h3-6,9,12-13,15H,7-8H2,1-2H3,(H,16,17). The average molecular weight is 297 g/mol. The molecule has 1 aromatic carbocycles. The molecular weight excluding hydrogens is 278 g/mol. The molecule has 0 aromatic heterocycles. The fraction of sp³-hybridized carbons (Fsp3) is 0.500. The third kappa shape index (κ3) is 3.80. The number of carboxylic acids is 1. The first-order valence-corrected chi connectivity index (χ1v) is 8.05. The van der Waals surface area contributed by atoms with Crippen LogP contribution in [-0.4, -0.2) is 38.9 Å². The Morgan fingerprint density at radius 3 is 2.55 bits per heavy atom. The molecule has 2 rings (SSSR count). The number of aliphatic carboxylic acids is 1. The van der Waals surface area contributed by atoms with E-state index in [9.17, 15) is 9.00 Å². The van der Waals surface area contributed by atoms with Gasteiger partial charge in [-0.2, -0.15) is 0 Å². The van der Waals surface area contributed by atoms with Crippen molar-refractivity contribution in [3.8, 4) is 5.75 Å². The van der Waals surface area contributed by atoms with Crippen molar-refractivity contribution >= 4 is 16.8 Å². The summed E-state index contributed by atoms with van der Waals surface area (Å²) in [5.41, 5.74) is 0.931. The smallest absolute Gasteiger partial charge is 0.321 e. The van der Waals surface area contributed by atoms with Crippen molar-refractivity contribution in [1.82, 2.24) is 5.32 Å². The molecule has 3 unspecified atom stereocenters. The lowest BCUT2D eigenvalue weighted by atomic mass is 10.1. The first-order chi connectivity index (χ1) is 9.45. The minimum Gasteiger partial charge on any atom is -0.491 e. The van der Waals surface area contributed by atoms with E-state index in [-0.39, 0.29) is 17.9 Å². The lowest BCUT2D eigenvalue weighted by Gasteiger charge is -2.28. The van der Waals surface area contributed by atoms with Crippen LogP contribution in [-0.2, 0) is 15.6 Å². The van der Waals surface area contributed by atoms with Gasteiger partial charge in [0, 0.05) is 28.3 Å². The van der Waals surface area contributed by atoms with Crippen molar-refractivity contribution in [2.45, 2.75) is 32.0 Å². The van der Waals surface area contributed by atoms with Gasteiger partial charge in [-0.25, -0.2) is 0 Å². The number of nitrogens with one attached hydrogen (secondary N) is 1. The molecule has 3 atom stereocenters. The van der Waals surface area contributed by atoms with E-state index in [0.717, 1.165) is 11.3 Å².